The summed E-state index contributed by atoms with van der Waals surface area (Å²) in [5, 5.41) is 10.4. The van der Waals surface area contributed by atoms with Crippen molar-refractivity contribution in [2.45, 2.75) is 31.1 Å². The predicted octanol–water partition coefficient (Wildman–Crippen LogP) is 4.59. The van der Waals surface area contributed by atoms with Crippen LogP contribution in [0.2, 0.25) is 0 Å². The van der Waals surface area contributed by atoms with Gasteiger partial charge in [-0.2, -0.15) is 0 Å². The molecule has 5 nitrogen and oxygen atoms in total. The molecule has 1 aliphatic heterocycles. The van der Waals surface area contributed by atoms with E-state index in [2.05, 4.69) is 4.90 Å². The van der Waals surface area contributed by atoms with E-state index in [4.69, 9.17) is 0 Å². The highest BCUT2D eigenvalue weighted by Crippen LogP contribution is 2.51. The fourth-order valence-corrected chi connectivity index (χ4v) is 5.76. The van der Waals surface area contributed by atoms with Crippen molar-refractivity contribution in [3.05, 3.63) is 95.6 Å². The van der Waals surface area contributed by atoms with E-state index >= 15 is 0 Å². The summed E-state index contributed by atoms with van der Waals surface area (Å²) < 4.78 is 0. The lowest BCUT2D eigenvalue weighted by molar-refractivity contribution is -0.142. The minimum atomic E-state index is -0.976. The number of unbranched alkanes of at least 4 members (excludes halogenated alkanes) is 1. The zero-order chi connectivity index (χ0) is 24.3. The van der Waals surface area contributed by atoms with Gasteiger partial charge in [0.05, 0.1) is 6.42 Å². The number of rotatable bonds is 8. The molecule has 0 saturated carbocycles. The molecule has 1 fully saturated rings. The van der Waals surface area contributed by atoms with Crippen LogP contribution in [0.15, 0.2) is 78.9 Å². The van der Waals surface area contributed by atoms with Crippen LogP contribution in [0.3, 0.4) is 0 Å². The number of carboxylic acid groups (broad SMARTS) is 1. The molecule has 0 atom stereocenters. The molecule has 5 heteroatoms. The SMILES string of the molecule is O=C(Cc1ccccc1)N1CCN(CCCCC2(C(=O)O)c3ccccc3-c3ccccc32)CC1. The van der Waals surface area contributed by atoms with Crippen LogP contribution in [0, 0.1) is 0 Å². The second kappa shape index (κ2) is 10.0. The molecule has 0 aromatic heterocycles. The zero-order valence-electron chi connectivity index (χ0n) is 20.0. The largest absolute Gasteiger partial charge is 0.480 e. The molecule has 1 aliphatic carbocycles. The molecule has 0 unspecified atom stereocenters. The second-order valence-electron chi connectivity index (χ2n) is 9.64. The standard InChI is InChI=1S/C30H32N2O3/c33-28(22-23-10-2-1-3-11-23)32-20-18-31(19-21-32)17-9-8-16-30(29(34)35)26-14-6-4-12-24(26)25-13-5-7-15-27(25)30/h1-7,10-15H,8-9,16-22H2,(H,34,35). The van der Waals surface area contributed by atoms with Gasteiger partial charge in [-0.05, 0) is 47.2 Å². The summed E-state index contributed by atoms with van der Waals surface area (Å²) in [6.45, 7) is 4.18. The van der Waals surface area contributed by atoms with Crippen LogP contribution in [-0.2, 0) is 21.4 Å². The maximum Gasteiger partial charge on any atom is 0.318 e. The lowest BCUT2D eigenvalue weighted by atomic mass is 9.74. The van der Waals surface area contributed by atoms with Gasteiger partial charge in [-0.15, -0.1) is 0 Å². The van der Waals surface area contributed by atoms with Gasteiger partial charge < -0.3 is 10.0 Å². The van der Waals surface area contributed by atoms with Gasteiger partial charge in [-0.3, -0.25) is 14.5 Å². The molecule has 1 saturated heterocycles. The Labute approximate surface area is 207 Å². The van der Waals surface area contributed by atoms with Gasteiger partial charge in [0, 0.05) is 26.2 Å². The second-order valence-corrected chi connectivity index (χ2v) is 9.64. The Hall–Kier alpha value is -3.44. The monoisotopic (exact) mass is 468 g/mol. The Morgan fingerprint density at radius 3 is 1.91 bits per heavy atom. The summed E-state index contributed by atoms with van der Waals surface area (Å²) in [4.78, 5) is 29.7. The minimum absolute atomic E-state index is 0.192. The maximum atomic E-state index is 12.7. The molecule has 3 aromatic rings. The Balaban J connectivity index is 1.16. The molecule has 180 valence electrons. The number of piperazine rings is 1. The number of carbonyl (C=O) groups is 2. The third-order valence-electron chi connectivity index (χ3n) is 7.63. The van der Waals surface area contributed by atoms with Gasteiger partial charge in [-0.1, -0.05) is 85.3 Å². The topological polar surface area (TPSA) is 60.9 Å². The van der Waals surface area contributed by atoms with E-state index < -0.39 is 11.4 Å². The van der Waals surface area contributed by atoms with Crippen molar-refractivity contribution in [3.8, 4) is 11.1 Å². The van der Waals surface area contributed by atoms with Crippen molar-refractivity contribution in [2.75, 3.05) is 32.7 Å². The molecule has 3 aromatic carbocycles. The number of aliphatic carboxylic acids is 1. The number of hydrogen-bond donors (Lipinski definition) is 1. The van der Waals surface area contributed by atoms with Crippen molar-refractivity contribution in [2.24, 2.45) is 0 Å². The van der Waals surface area contributed by atoms with Crippen LogP contribution in [0.5, 0.6) is 0 Å². The van der Waals surface area contributed by atoms with E-state index in [1.165, 1.54) is 0 Å². The first-order valence-electron chi connectivity index (χ1n) is 12.6. The summed E-state index contributed by atoms with van der Waals surface area (Å²) in [5.41, 5.74) is 4.00. The smallest absolute Gasteiger partial charge is 0.318 e. The normalized spacial score (nSPS) is 16.5. The molecule has 0 bridgehead atoms. The average Bonchev–Trinajstić information content (AvgIpc) is 3.18. The van der Waals surface area contributed by atoms with Crippen LogP contribution < -0.4 is 0 Å². The maximum absolute atomic E-state index is 12.7. The Bertz CT molecular complexity index is 1150. The lowest BCUT2D eigenvalue weighted by Gasteiger charge is -2.35. The van der Waals surface area contributed by atoms with Crippen molar-refractivity contribution >= 4 is 11.9 Å². The molecular formula is C30H32N2O3. The molecule has 2 aliphatic rings. The Morgan fingerprint density at radius 1 is 0.743 bits per heavy atom. The van der Waals surface area contributed by atoms with Gasteiger partial charge in [0.15, 0.2) is 0 Å². The number of nitrogens with zero attached hydrogens (tertiary/aromatic N) is 2. The minimum Gasteiger partial charge on any atom is -0.480 e. The molecule has 1 amide bonds. The van der Waals surface area contributed by atoms with E-state index in [1.54, 1.807) is 0 Å². The van der Waals surface area contributed by atoms with Crippen molar-refractivity contribution in [1.82, 2.24) is 9.80 Å². The van der Waals surface area contributed by atoms with Crippen LogP contribution in [0.1, 0.15) is 36.0 Å². The molecule has 35 heavy (non-hydrogen) atoms. The Morgan fingerprint density at radius 2 is 1.31 bits per heavy atom. The van der Waals surface area contributed by atoms with Crippen molar-refractivity contribution < 1.29 is 14.7 Å². The fraction of sp³-hybridized carbons (Fsp3) is 0.333. The third kappa shape index (κ3) is 4.48. The molecule has 0 spiro atoms. The summed E-state index contributed by atoms with van der Waals surface area (Å²) in [5.74, 6) is -0.571. The third-order valence-corrected chi connectivity index (χ3v) is 7.63. The first-order valence-corrected chi connectivity index (χ1v) is 12.6. The van der Waals surface area contributed by atoms with Crippen LogP contribution in [0.4, 0.5) is 0 Å². The molecular weight excluding hydrogens is 436 g/mol. The average molecular weight is 469 g/mol. The van der Waals surface area contributed by atoms with E-state index in [-0.39, 0.29) is 5.91 Å². The first kappa shape index (κ1) is 23.3. The Kier molecular flexibility index (Phi) is 6.69. The summed E-state index contributed by atoms with van der Waals surface area (Å²) >= 11 is 0. The van der Waals surface area contributed by atoms with Gasteiger partial charge in [-0.25, -0.2) is 0 Å². The number of carboxylic acids is 1. The molecule has 5 rings (SSSR count). The van der Waals surface area contributed by atoms with E-state index in [0.29, 0.717) is 12.8 Å². The summed E-state index contributed by atoms with van der Waals surface area (Å²) in [6, 6.07) is 25.8. The van der Waals surface area contributed by atoms with Crippen LogP contribution in [-0.4, -0.2) is 59.5 Å². The van der Waals surface area contributed by atoms with E-state index in [1.807, 2.05) is 83.8 Å². The number of fused-ring (bicyclic) bond motifs is 3. The number of amides is 1. The molecule has 1 heterocycles. The van der Waals surface area contributed by atoms with Gasteiger partial charge in [0.25, 0.3) is 0 Å². The van der Waals surface area contributed by atoms with Crippen molar-refractivity contribution in [3.63, 3.8) is 0 Å². The summed E-state index contributed by atoms with van der Waals surface area (Å²) in [7, 11) is 0. The van der Waals surface area contributed by atoms with Crippen LogP contribution >= 0.6 is 0 Å². The lowest BCUT2D eigenvalue weighted by Crippen LogP contribution is -2.49. The van der Waals surface area contributed by atoms with Crippen molar-refractivity contribution in [1.29, 1.82) is 0 Å². The van der Waals surface area contributed by atoms with Gasteiger partial charge >= 0.3 is 5.97 Å². The number of carbonyl (C=O) groups excluding carboxylic acids is 1. The van der Waals surface area contributed by atoms with Crippen LogP contribution in [0.25, 0.3) is 11.1 Å². The van der Waals surface area contributed by atoms with Gasteiger partial charge in [0.1, 0.15) is 5.41 Å². The first-order chi connectivity index (χ1) is 17.1. The number of hydrogen-bond acceptors (Lipinski definition) is 3. The zero-order valence-corrected chi connectivity index (χ0v) is 20.0. The fourth-order valence-electron chi connectivity index (χ4n) is 5.76. The quantitative estimate of drug-likeness (QED) is 0.491. The number of benzene rings is 3. The van der Waals surface area contributed by atoms with E-state index in [0.717, 1.165) is 73.4 Å². The summed E-state index contributed by atoms with van der Waals surface area (Å²) in [6.07, 6.45) is 2.83. The highest BCUT2D eigenvalue weighted by atomic mass is 16.4. The van der Waals surface area contributed by atoms with E-state index in [9.17, 15) is 14.7 Å². The molecule has 1 N–H and O–H groups in total. The molecule has 0 radical (unpaired) electrons. The van der Waals surface area contributed by atoms with Gasteiger partial charge in [0.2, 0.25) is 5.91 Å². The highest BCUT2D eigenvalue weighted by molar-refractivity contribution is 5.97. The predicted molar refractivity (Wildman–Crippen MR) is 137 cm³/mol. The highest BCUT2D eigenvalue weighted by Gasteiger charge is 2.48.